The van der Waals surface area contributed by atoms with E-state index in [1.807, 2.05) is 24.3 Å². The molecule has 3 aromatic rings. The van der Waals surface area contributed by atoms with Crippen LogP contribution in [0.25, 0.3) is 10.6 Å². The Labute approximate surface area is 188 Å². The van der Waals surface area contributed by atoms with E-state index >= 15 is 0 Å². The number of benzene rings is 2. The zero-order chi connectivity index (χ0) is 20.9. The maximum atomic E-state index is 12.7. The lowest BCUT2D eigenvalue weighted by molar-refractivity contribution is -0.121. The minimum atomic E-state index is 0.0134. The fourth-order valence-electron chi connectivity index (χ4n) is 3.53. The number of amides is 1. The van der Waals surface area contributed by atoms with Crippen LogP contribution in [0.2, 0.25) is 0 Å². The maximum absolute atomic E-state index is 12.7. The third-order valence-electron chi connectivity index (χ3n) is 5.27. The van der Waals surface area contributed by atoms with Crippen LogP contribution in [-0.2, 0) is 11.3 Å². The Kier molecular flexibility index (Phi) is 6.76. The van der Waals surface area contributed by atoms with Gasteiger partial charge in [-0.3, -0.25) is 9.69 Å². The summed E-state index contributed by atoms with van der Waals surface area (Å²) in [6.45, 7) is 2.76. The number of ether oxygens (including phenoxy) is 1. The van der Waals surface area contributed by atoms with E-state index in [-0.39, 0.29) is 11.8 Å². The summed E-state index contributed by atoms with van der Waals surface area (Å²) < 4.78 is 6.27. The second-order valence-corrected chi connectivity index (χ2v) is 9.20. The number of carbonyl (C=O) groups is 1. The predicted molar refractivity (Wildman–Crippen MR) is 123 cm³/mol. The Hall–Kier alpha value is -2.29. The van der Waals surface area contributed by atoms with Crippen molar-refractivity contribution in [3.05, 3.63) is 58.6 Å². The number of methoxy groups -OCH3 is 1. The first kappa shape index (κ1) is 21.0. The van der Waals surface area contributed by atoms with Crippen LogP contribution in [0.15, 0.2) is 53.0 Å². The number of halogens is 1. The summed E-state index contributed by atoms with van der Waals surface area (Å²) in [5.74, 6) is 0.846. The Morgan fingerprint density at radius 2 is 1.83 bits per heavy atom. The van der Waals surface area contributed by atoms with Gasteiger partial charge in [-0.15, -0.1) is 10.2 Å². The van der Waals surface area contributed by atoms with Crippen LogP contribution < -0.4 is 10.1 Å². The lowest BCUT2D eigenvalue weighted by atomic mass is 9.95. The molecule has 1 amide bonds. The molecule has 1 aromatic heterocycles. The minimum Gasteiger partial charge on any atom is -0.497 e. The predicted octanol–water partition coefficient (Wildman–Crippen LogP) is 4.83. The molecule has 1 aliphatic heterocycles. The van der Waals surface area contributed by atoms with E-state index in [4.69, 9.17) is 4.74 Å². The fourth-order valence-corrected chi connectivity index (χ4v) is 4.55. The van der Waals surface area contributed by atoms with Crippen molar-refractivity contribution < 1.29 is 9.53 Å². The topological polar surface area (TPSA) is 67.4 Å². The number of nitrogens with one attached hydrogen (secondary N) is 1. The first-order chi connectivity index (χ1) is 14.6. The lowest BCUT2D eigenvalue weighted by Crippen LogP contribution is -2.37. The van der Waals surface area contributed by atoms with Crippen LogP contribution in [-0.4, -0.2) is 41.2 Å². The third-order valence-corrected chi connectivity index (χ3v) is 6.69. The SMILES string of the molecule is COc1ccc(-c2nnc(NC(=O)C3CCN(Cc4ccc(Br)cc4)CC3)s2)cc1. The number of aromatic nitrogens is 2. The average Bonchev–Trinajstić information content (AvgIpc) is 3.24. The van der Waals surface area contributed by atoms with Gasteiger partial charge in [-0.2, -0.15) is 0 Å². The van der Waals surface area contributed by atoms with E-state index in [0.29, 0.717) is 5.13 Å². The van der Waals surface area contributed by atoms with E-state index < -0.39 is 0 Å². The van der Waals surface area contributed by atoms with Crippen LogP contribution in [0, 0.1) is 5.92 Å². The molecule has 2 heterocycles. The largest absolute Gasteiger partial charge is 0.497 e. The van der Waals surface area contributed by atoms with Gasteiger partial charge in [-0.1, -0.05) is 39.4 Å². The molecule has 4 rings (SSSR count). The summed E-state index contributed by atoms with van der Waals surface area (Å²) in [5.41, 5.74) is 2.25. The summed E-state index contributed by atoms with van der Waals surface area (Å²) in [6.07, 6.45) is 1.71. The van der Waals surface area contributed by atoms with E-state index in [9.17, 15) is 4.79 Å². The molecule has 0 saturated carbocycles. The van der Waals surface area contributed by atoms with Crippen molar-refractivity contribution in [2.24, 2.45) is 5.92 Å². The second kappa shape index (κ2) is 9.68. The zero-order valence-corrected chi connectivity index (χ0v) is 19.1. The van der Waals surface area contributed by atoms with Gasteiger partial charge in [-0.25, -0.2) is 0 Å². The highest BCUT2D eigenvalue weighted by atomic mass is 79.9. The monoisotopic (exact) mass is 486 g/mol. The van der Waals surface area contributed by atoms with Gasteiger partial charge in [-0.05, 0) is 67.9 Å². The van der Waals surface area contributed by atoms with Crippen LogP contribution in [0.1, 0.15) is 18.4 Å². The van der Waals surface area contributed by atoms with Crippen LogP contribution in [0.5, 0.6) is 5.75 Å². The maximum Gasteiger partial charge on any atom is 0.229 e. The van der Waals surface area contributed by atoms with Gasteiger partial charge in [0.25, 0.3) is 0 Å². The minimum absolute atomic E-state index is 0.0134. The normalized spacial score (nSPS) is 15.1. The molecular weight excluding hydrogens is 464 g/mol. The van der Waals surface area contributed by atoms with Gasteiger partial charge < -0.3 is 10.1 Å². The Balaban J connectivity index is 1.28. The van der Waals surface area contributed by atoms with Crippen LogP contribution >= 0.6 is 27.3 Å². The van der Waals surface area contributed by atoms with Crippen molar-refractivity contribution in [1.82, 2.24) is 15.1 Å². The molecule has 0 spiro atoms. The van der Waals surface area contributed by atoms with Crippen molar-refractivity contribution in [2.75, 3.05) is 25.5 Å². The third kappa shape index (κ3) is 5.24. The molecule has 156 valence electrons. The van der Waals surface area contributed by atoms with Crippen molar-refractivity contribution in [1.29, 1.82) is 0 Å². The number of hydrogen-bond acceptors (Lipinski definition) is 6. The lowest BCUT2D eigenvalue weighted by Gasteiger charge is -2.31. The fraction of sp³-hybridized carbons (Fsp3) is 0.318. The molecule has 1 fully saturated rings. The van der Waals surface area contributed by atoms with Gasteiger partial charge in [0.2, 0.25) is 11.0 Å². The van der Waals surface area contributed by atoms with Gasteiger partial charge in [0.15, 0.2) is 0 Å². The van der Waals surface area contributed by atoms with E-state index in [1.54, 1.807) is 7.11 Å². The molecule has 0 aliphatic carbocycles. The quantitative estimate of drug-likeness (QED) is 0.540. The van der Waals surface area contributed by atoms with Crippen molar-refractivity contribution >= 4 is 38.3 Å². The molecule has 0 unspecified atom stereocenters. The van der Waals surface area contributed by atoms with Gasteiger partial charge in [0.1, 0.15) is 10.8 Å². The number of hydrogen-bond donors (Lipinski definition) is 1. The van der Waals surface area contributed by atoms with Crippen LogP contribution in [0.3, 0.4) is 0 Å². The van der Waals surface area contributed by atoms with Crippen LogP contribution in [0.4, 0.5) is 5.13 Å². The van der Waals surface area contributed by atoms with Crippen molar-refractivity contribution in [3.8, 4) is 16.3 Å². The summed E-state index contributed by atoms with van der Waals surface area (Å²) in [6, 6.07) is 16.1. The number of anilines is 1. The molecule has 0 bridgehead atoms. The van der Waals surface area contributed by atoms with Crippen molar-refractivity contribution in [2.45, 2.75) is 19.4 Å². The highest BCUT2D eigenvalue weighted by molar-refractivity contribution is 9.10. The highest BCUT2D eigenvalue weighted by Crippen LogP contribution is 2.29. The van der Waals surface area contributed by atoms with Gasteiger partial charge >= 0.3 is 0 Å². The molecule has 2 aromatic carbocycles. The number of carbonyl (C=O) groups excluding carboxylic acids is 1. The van der Waals surface area contributed by atoms with E-state index in [2.05, 4.69) is 60.6 Å². The van der Waals surface area contributed by atoms with Gasteiger partial charge in [0, 0.05) is 22.5 Å². The highest BCUT2D eigenvalue weighted by Gasteiger charge is 2.25. The summed E-state index contributed by atoms with van der Waals surface area (Å²) in [4.78, 5) is 15.1. The van der Waals surface area contributed by atoms with E-state index in [0.717, 1.165) is 53.3 Å². The molecule has 1 N–H and O–H groups in total. The van der Waals surface area contributed by atoms with E-state index in [1.165, 1.54) is 16.9 Å². The zero-order valence-electron chi connectivity index (χ0n) is 16.7. The molecule has 6 nitrogen and oxygen atoms in total. The number of piperidine rings is 1. The molecule has 1 saturated heterocycles. The first-order valence-electron chi connectivity index (χ1n) is 9.86. The Bertz CT molecular complexity index is 983. The van der Waals surface area contributed by atoms with Crippen molar-refractivity contribution in [3.63, 3.8) is 0 Å². The average molecular weight is 487 g/mol. The summed E-state index contributed by atoms with van der Waals surface area (Å²) in [5, 5.41) is 12.6. The molecule has 30 heavy (non-hydrogen) atoms. The first-order valence-corrected chi connectivity index (χ1v) is 11.5. The smallest absolute Gasteiger partial charge is 0.229 e. The molecule has 8 heteroatoms. The number of rotatable bonds is 6. The standard InChI is InChI=1S/C22H23BrN4O2S/c1-29-19-8-4-17(5-9-19)21-25-26-22(30-21)24-20(28)16-10-12-27(13-11-16)14-15-2-6-18(23)7-3-15/h2-9,16H,10-14H2,1H3,(H,24,26,28). The second-order valence-electron chi connectivity index (χ2n) is 7.31. The molecule has 1 aliphatic rings. The number of likely N-dealkylation sites (tertiary alicyclic amines) is 1. The Morgan fingerprint density at radius 1 is 1.13 bits per heavy atom. The number of nitrogens with zero attached hydrogens (tertiary/aromatic N) is 3. The summed E-state index contributed by atoms with van der Waals surface area (Å²) >= 11 is 4.86. The molecule has 0 atom stereocenters. The summed E-state index contributed by atoms with van der Waals surface area (Å²) in [7, 11) is 1.64. The molecular formula is C22H23BrN4O2S. The molecule has 0 radical (unpaired) electrons. The Morgan fingerprint density at radius 3 is 2.50 bits per heavy atom. The van der Waals surface area contributed by atoms with Gasteiger partial charge in [0.05, 0.1) is 7.11 Å².